The van der Waals surface area contributed by atoms with Gasteiger partial charge in [-0.2, -0.15) is 0 Å². The van der Waals surface area contributed by atoms with E-state index in [1.807, 2.05) is 12.1 Å². The molecule has 3 heterocycles. The highest BCUT2D eigenvalue weighted by molar-refractivity contribution is 5.84. The monoisotopic (exact) mass is 327 g/mol. The van der Waals surface area contributed by atoms with Crippen molar-refractivity contribution >= 4 is 16.7 Å². The van der Waals surface area contributed by atoms with Gasteiger partial charge in [0, 0.05) is 37.1 Å². The number of methoxy groups -OCH3 is 2. The van der Waals surface area contributed by atoms with Crippen molar-refractivity contribution in [2.24, 2.45) is 0 Å². The van der Waals surface area contributed by atoms with Crippen LogP contribution in [0.1, 0.15) is 19.3 Å². The standard InChI is InChI=1S/C19H25N3O2/c1-23-17-11-14-6-7-19(20-16(14)12-18(17)24-2)22-10-9-21-8-4-3-5-15(21)13-22/h6-7,11-12,15H,3-5,8-10,13H2,1-2H3/t15-/m1/s1. The molecule has 1 atom stereocenters. The van der Waals surface area contributed by atoms with Gasteiger partial charge < -0.3 is 14.4 Å². The molecule has 0 saturated carbocycles. The Morgan fingerprint density at radius 1 is 1.00 bits per heavy atom. The van der Waals surface area contributed by atoms with E-state index in [1.54, 1.807) is 14.2 Å². The Balaban J connectivity index is 1.62. The van der Waals surface area contributed by atoms with Gasteiger partial charge in [-0.15, -0.1) is 0 Å². The van der Waals surface area contributed by atoms with Gasteiger partial charge in [0.2, 0.25) is 0 Å². The Morgan fingerprint density at radius 3 is 2.67 bits per heavy atom. The highest BCUT2D eigenvalue weighted by Crippen LogP contribution is 2.33. The summed E-state index contributed by atoms with van der Waals surface area (Å²) in [5.41, 5.74) is 0.955. The van der Waals surface area contributed by atoms with Crippen molar-refractivity contribution in [2.45, 2.75) is 25.3 Å². The summed E-state index contributed by atoms with van der Waals surface area (Å²) in [7, 11) is 3.32. The minimum absolute atomic E-state index is 0.690. The number of nitrogens with zero attached hydrogens (tertiary/aromatic N) is 3. The zero-order valence-electron chi connectivity index (χ0n) is 14.5. The summed E-state index contributed by atoms with van der Waals surface area (Å²) in [4.78, 5) is 9.97. The maximum Gasteiger partial charge on any atom is 0.162 e. The van der Waals surface area contributed by atoms with E-state index in [0.29, 0.717) is 6.04 Å². The van der Waals surface area contributed by atoms with Crippen molar-refractivity contribution in [3.63, 3.8) is 0 Å². The molecule has 24 heavy (non-hydrogen) atoms. The van der Waals surface area contributed by atoms with Crippen LogP contribution in [0.15, 0.2) is 24.3 Å². The molecule has 2 aliphatic heterocycles. The largest absolute Gasteiger partial charge is 0.493 e. The molecule has 5 heteroatoms. The number of anilines is 1. The van der Waals surface area contributed by atoms with Gasteiger partial charge in [-0.3, -0.25) is 4.90 Å². The number of pyridine rings is 1. The Kier molecular flexibility index (Phi) is 4.19. The summed E-state index contributed by atoms with van der Waals surface area (Å²) in [6.45, 7) is 4.56. The highest BCUT2D eigenvalue weighted by Gasteiger charge is 2.29. The molecule has 2 aliphatic rings. The van der Waals surface area contributed by atoms with E-state index in [0.717, 1.165) is 47.9 Å². The maximum absolute atomic E-state index is 5.42. The molecule has 0 bridgehead atoms. The number of piperazine rings is 1. The van der Waals surface area contributed by atoms with Crippen molar-refractivity contribution in [3.05, 3.63) is 24.3 Å². The summed E-state index contributed by atoms with van der Waals surface area (Å²) in [5.74, 6) is 2.54. The quantitative estimate of drug-likeness (QED) is 0.866. The number of fused-ring (bicyclic) bond motifs is 2. The third-order valence-corrected chi connectivity index (χ3v) is 5.34. The SMILES string of the molecule is COc1cc2ccc(N3CCN4CCCC[C@@H]4C3)nc2cc1OC. The number of hydrogen-bond acceptors (Lipinski definition) is 5. The van der Waals surface area contributed by atoms with Gasteiger partial charge in [-0.05, 0) is 37.6 Å². The molecule has 0 radical (unpaired) electrons. The molecule has 2 saturated heterocycles. The van der Waals surface area contributed by atoms with Crippen LogP contribution in [0.3, 0.4) is 0 Å². The Bertz CT molecular complexity index is 734. The first kappa shape index (κ1) is 15.5. The molecule has 4 rings (SSSR count). The van der Waals surface area contributed by atoms with Crippen molar-refractivity contribution in [2.75, 3.05) is 45.3 Å². The summed E-state index contributed by atoms with van der Waals surface area (Å²) in [6.07, 6.45) is 4.03. The number of hydrogen-bond donors (Lipinski definition) is 0. The molecular weight excluding hydrogens is 302 g/mol. The van der Waals surface area contributed by atoms with E-state index in [9.17, 15) is 0 Å². The van der Waals surface area contributed by atoms with E-state index < -0.39 is 0 Å². The molecule has 0 N–H and O–H groups in total. The fourth-order valence-electron chi connectivity index (χ4n) is 3.98. The fourth-order valence-corrected chi connectivity index (χ4v) is 3.98. The summed E-state index contributed by atoms with van der Waals surface area (Å²) in [5, 5.41) is 1.08. The first-order chi connectivity index (χ1) is 11.8. The molecule has 0 unspecified atom stereocenters. The fraction of sp³-hybridized carbons (Fsp3) is 0.526. The number of piperidine rings is 1. The zero-order valence-corrected chi connectivity index (χ0v) is 14.5. The molecule has 2 fully saturated rings. The predicted octanol–water partition coefficient (Wildman–Crippen LogP) is 2.93. The number of benzene rings is 1. The first-order valence-corrected chi connectivity index (χ1v) is 8.80. The maximum atomic E-state index is 5.42. The van der Waals surface area contributed by atoms with Crippen molar-refractivity contribution < 1.29 is 9.47 Å². The summed E-state index contributed by atoms with van der Waals surface area (Å²) >= 11 is 0. The molecule has 5 nitrogen and oxygen atoms in total. The van der Waals surface area contributed by atoms with Gasteiger partial charge >= 0.3 is 0 Å². The summed E-state index contributed by atoms with van der Waals surface area (Å²) < 4.78 is 10.8. The van der Waals surface area contributed by atoms with Crippen LogP contribution < -0.4 is 14.4 Å². The van der Waals surface area contributed by atoms with Crippen LogP contribution in [-0.4, -0.2) is 56.3 Å². The van der Waals surface area contributed by atoms with Crippen LogP contribution in [0.5, 0.6) is 11.5 Å². The van der Waals surface area contributed by atoms with E-state index >= 15 is 0 Å². The predicted molar refractivity (Wildman–Crippen MR) is 96.3 cm³/mol. The lowest BCUT2D eigenvalue weighted by Crippen LogP contribution is -2.55. The van der Waals surface area contributed by atoms with Gasteiger partial charge in [0.15, 0.2) is 11.5 Å². The third-order valence-electron chi connectivity index (χ3n) is 5.34. The topological polar surface area (TPSA) is 37.8 Å². The molecule has 2 aromatic rings. The molecule has 1 aromatic carbocycles. The molecule has 0 amide bonds. The summed E-state index contributed by atoms with van der Waals surface area (Å²) in [6, 6.07) is 8.91. The smallest absolute Gasteiger partial charge is 0.162 e. The molecule has 1 aromatic heterocycles. The van der Waals surface area contributed by atoms with Crippen molar-refractivity contribution in [1.29, 1.82) is 0 Å². The zero-order chi connectivity index (χ0) is 16.5. The van der Waals surface area contributed by atoms with Crippen LogP contribution in [0.25, 0.3) is 10.9 Å². The van der Waals surface area contributed by atoms with E-state index in [-0.39, 0.29) is 0 Å². The van der Waals surface area contributed by atoms with Crippen LogP contribution >= 0.6 is 0 Å². The highest BCUT2D eigenvalue weighted by atomic mass is 16.5. The number of aromatic nitrogens is 1. The average Bonchev–Trinajstić information content (AvgIpc) is 2.66. The Labute approximate surface area is 143 Å². The minimum Gasteiger partial charge on any atom is -0.493 e. The van der Waals surface area contributed by atoms with E-state index in [4.69, 9.17) is 14.5 Å². The lowest BCUT2D eigenvalue weighted by Gasteiger charge is -2.44. The second-order valence-electron chi connectivity index (χ2n) is 6.70. The van der Waals surface area contributed by atoms with Crippen LogP contribution in [0.4, 0.5) is 5.82 Å². The molecular formula is C19H25N3O2. The van der Waals surface area contributed by atoms with Gasteiger partial charge in [-0.1, -0.05) is 6.42 Å². The second-order valence-corrected chi connectivity index (χ2v) is 6.70. The second kappa shape index (κ2) is 6.48. The van der Waals surface area contributed by atoms with Gasteiger partial charge in [0.05, 0.1) is 19.7 Å². The van der Waals surface area contributed by atoms with Crippen molar-refractivity contribution in [3.8, 4) is 11.5 Å². The Morgan fingerprint density at radius 2 is 1.83 bits per heavy atom. The lowest BCUT2D eigenvalue weighted by molar-refractivity contribution is 0.133. The van der Waals surface area contributed by atoms with Crippen molar-refractivity contribution in [1.82, 2.24) is 9.88 Å². The lowest BCUT2D eigenvalue weighted by atomic mass is 9.99. The van der Waals surface area contributed by atoms with E-state index in [2.05, 4.69) is 21.9 Å². The molecule has 128 valence electrons. The number of ether oxygens (including phenoxy) is 2. The molecule has 0 aliphatic carbocycles. The van der Waals surface area contributed by atoms with Gasteiger partial charge in [0.25, 0.3) is 0 Å². The Hall–Kier alpha value is -2.01. The normalized spacial score (nSPS) is 21.6. The third kappa shape index (κ3) is 2.77. The van der Waals surface area contributed by atoms with E-state index in [1.165, 1.54) is 25.8 Å². The minimum atomic E-state index is 0.690. The van der Waals surface area contributed by atoms with Crippen LogP contribution in [0, 0.1) is 0 Å². The van der Waals surface area contributed by atoms with Gasteiger partial charge in [0.1, 0.15) is 5.82 Å². The average molecular weight is 327 g/mol. The van der Waals surface area contributed by atoms with Crippen LogP contribution in [0.2, 0.25) is 0 Å². The first-order valence-electron chi connectivity index (χ1n) is 8.80. The van der Waals surface area contributed by atoms with Crippen LogP contribution in [-0.2, 0) is 0 Å². The van der Waals surface area contributed by atoms with Gasteiger partial charge in [-0.25, -0.2) is 4.98 Å². The number of rotatable bonds is 3. The molecule has 0 spiro atoms.